The first-order valence-electron chi connectivity index (χ1n) is 4.88. The fraction of sp³-hybridized carbons (Fsp3) is 0.364. The van der Waals surface area contributed by atoms with E-state index < -0.39 is 9.58 Å². The monoisotopic (exact) mass is 292 g/mol. The van der Waals surface area contributed by atoms with Gasteiger partial charge in [-0.1, -0.05) is 46.6 Å². The molecule has 0 atom stereocenters. The molecule has 0 radical (unpaired) electrons. The van der Waals surface area contributed by atoms with Crippen molar-refractivity contribution >= 4 is 40.6 Å². The first-order valence-corrected chi connectivity index (χ1v) is 6.02. The number of alkyl halides is 3. The summed E-state index contributed by atoms with van der Waals surface area (Å²) in [6.07, 6.45) is 2.34. The van der Waals surface area contributed by atoms with Gasteiger partial charge < -0.3 is 10.3 Å². The van der Waals surface area contributed by atoms with Crippen molar-refractivity contribution in [2.24, 2.45) is 0 Å². The molecular formula is C11H11Cl3N2O. The molecule has 1 aromatic rings. The van der Waals surface area contributed by atoms with Crippen LogP contribution in [-0.4, -0.2) is 28.2 Å². The quantitative estimate of drug-likeness (QED) is 0.389. The molecule has 2 N–H and O–H groups in total. The lowest BCUT2D eigenvalue weighted by molar-refractivity contribution is 0.0992. The molecule has 6 heteroatoms. The summed E-state index contributed by atoms with van der Waals surface area (Å²) in [6.45, 7) is 0.817. The van der Waals surface area contributed by atoms with Gasteiger partial charge in [-0.3, -0.25) is 4.79 Å². The first kappa shape index (κ1) is 14.4. The maximum atomic E-state index is 11.6. The lowest BCUT2D eigenvalue weighted by Crippen LogP contribution is -2.19. The maximum absolute atomic E-state index is 11.6. The van der Waals surface area contributed by atoms with E-state index in [9.17, 15) is 4.79 Å². The van der Waals surface area contributed by atoms with Crippen molar-refractivity contribution in [3.8, 4) is 11.8 Å². The molecule has 0 spiro atoms. The number of H-pyrrole nitrogens is 1. The van der Waals surface area contributed by atoms with Gasteiger partial charge in [0.1, 0.15) is 0 Å². The van der Waals surface area contributed by atoms with Crippen LogP contribution in [0.15, 0.2) is 12.3 Å². The van der Waals surface area contributed by atoms with Crippen LogP contribution in [0.5, 0.6) is 0 Å². The van der Waals surface area contributed by atoms with E-state index in [0.717, 1.165) is 13.0 Å². The van der Waals surface area contributed by atoms with Gasteiger partial charge in [-0.05, 0) is 13.1 Å². The van der Waals surface area contributed by atoms with E-state index >= 15 is 0 Å². The van der Waals surface area contributed by atoms with Crippen molar-refractivity contribution in [3.05, 3.63) is 23.5 Å². The minimum Gasteiger partial charge on any atom is -0.357 e. The number of carbonyl (C=O) groups excluding carboxylic acids is 1. The standard InChI is InChI=1S/C11H11Cl3N2O/c1-15-5-3-2-4-8-6-9(16-7-8)10(17)11(12,13)14/h6-7,15-16H,3,5H2,1H3. The third kappa shape index (κ3) is 4.61. The van der Waals surface area contributed by atoms with Gasteiger partial charge in [0.15, 0.2) is 0 Å². The zero-order chi connectivity index (χ0) is 12.9. The van der Waals surface area contributed by atoms with Crippen LogP contribution in [0.4, 0.5) is 0 Å². The van der Waals surface area contributed by atoms with Gasteiger partial charge in [-0.2, -0.15) is 0 Å². The molecule has 0 saturated carbocycles. The van der Waals surface area contributed by atoms with Crippen LogP contribution >= 0.6 is 34.8 Å². The van der Waals surface area contributed by atoms with E-state index in [1.165, 1.54) is 0 Å². The second kappa shape index (κ2) is 6.32. The van der Waals surface area contributed by atoms with Gasteiger partial charge >= 0.3 is 0 Å². The molecular weight excluding hydrogens is 282 g/mol. The van der Waals surface area contributed by atoms with Crippen LogP contribution in [0.2, 0.25) is 0 Å². The summed E-state index contributed by atoms with van der Waals surface area (Å²) in [7, 11) is 1.86. The number of nitrogens with one attached hydrogen (secondary N) is 2. The van der Waals surface area contributed by atoms with Crippen LogP contribution in [0.3, 0.4) is 0 Å². The maximum Gasteiger partial charge on any atom is 0.254 e. The minimum absolute atomic E-state index is 0.239. The number of aromatic amines is 1. The van der Waals surface area contributed by atoms with E-state index in [-0.39, 0.29) is 5.69 Å². The Morgan fingerprint density at radius 1 is 1.53 bits per heavy atom. The van der Waals surface area contributed by atoms with Crippen molar-refractivity contribution < 1.29 is 4.79 Å². The summed E-state index contributed by atoms with van der Waals surface area (Å²) < 4.78 is -1.94. The first-order chi connectivity index (χ1) is 7.95. The Balaban J connectivity index is 2.71. The molecule has 3 nitrogen and oxygen atoms in total. The summed E-state index contributed by atoms with van der Waals surface area (Å²) in [5, 5.41) is 2.98. The molecule has 0 amide bonds. The van der Waals surface area contributed by atoms with Crippen molar-refractivity contribution in [2.75, 3.05) is 13.6 Å². The molecule has 0 unspecified atom stereocenters. The molecule has 0 fully saturated rings. The third-order valence-corrected chi connectivity index (χ3v) is 2.43. The van der Waals surface area contributed by atoms with Gasteiger partial charge in [0.05, 0.1) is 5.69 Å². The van der Waals surface area contributed by atoms with E-state index in [2.05, 4.69) is 22.1 Å². The SMILES string of the molecule is CNCCC#Cc1c[nH]c(C(=O)C(Cl)(Cl)Cl)c1. The summed E-state index contributed by atoms with van der Waals surface area (Å²) in [5.41, 5.74) is 0.932. The molecule has 1 aromatic heterocycles. The molecule has 1 heterocycles. The van der Waals surface area contributed by atoms with Crippen LogP contribution in [0.25, 0.3) is 0 Å². The van der Waals surface area contributed by atoms with Crippen molar-refractivity contribution in [1.82, 2.24) is 10.3 Å². The Morgan fingerprint density at radius 3 is 2.82 bits per heavy atom. The highest BCUT2D eigenvalue weighted by Crippen LogP contribution is 2.30. The average Bonchev–Trinajstić information content (AvgIpc) is 2.70. The van der Waals surface area contributed by atoms with Gasteiger partial charge in [0.25, 0.3) is 3.79 Å². The third-order valence-electron chi connectivity index (χ3n) is 1.92. The smallest absolute Gasteiger partial charge is 0.254 e. The molecule has 17 heavy (non-hydrogen) atoms. The fourth-order valence-electron chi connectivity index (χ4n) is 1.10. The molecule has 0 aliphatic heterocycles. The number of ketones is 1. The van der Waals surface area contributed by atoms with Gasteiger partial charge in [0.2, 0.25) is 5.78 Å². The van der Waals surface area contributed by atoms with Crippen LogP contribution < -0.4 is 5.32 Å². The van der Waals surface area contributed by atoms with Crippen molar-refractivity contribution in [3.63, 3.8) is 0 Å². The van der Waals surface area contributed by atoms with Gasteiger partial charge in [-0.15, -0.1) is 0 Å². The predicted octanol–water partition coefficient (Wildman–Crippen LogP) is 2.53. The van der Waals surface area contributed by atoms with E-state index in [4.69, 9.17) is 34.8 Å². The van der Waals surface area contributed by atoms with Gasteiger partial charge in [0, 0.05) is 24.7 Å². The van der Waals surface area contributed by atoms with Crippen LogP contribution in [0, 0.1) is 11.8 Å². The molecule has 1 rings (SSSR count). The second-order valence-corrected chi connectivity index (χ2v) is 5.57. The number of hydrogen-bond acceptors (Lipinski definition) is 2. The average molecular weight is 294 g/mol. The van der Waals surface area contributed by atoms with Crippen LogP contribution in [-0.2, 0) is 0 Å². The van der Waals surface area contributed by atoms with Crippen molar-refractivity contribution in [1.29, 1.82) is 0 Å². The largest absolute Gasteiger partial charge is 0.357 e. The summed E-state index contributed by atoms with van der Waals surface area (Å²) in [6, 6.07) is 1.57. The normalized spacial score (nSPS) is 10.8. The Bertz CT molecular complexity index is 451. The number of carbonyl (C=O) groups is 1. The van der Waals surface area contributed by atoms with E-state index in [0.29, 0.717) is 5.56 Å². The van der Waals surface area contributed by atoms with E-state index in [1.54, 1.807) is 12.3 Å². The molecule has 0 aromatic carbocycles. The lowest BCUT2D eigenvalue weighted by Gasteiger charge is -2.06. The van der Waals surface area contributed by atoms with E-state index in [1.807, 2.05) is 7.05 Å². The Hall–Kier alpha value is -0.660. The predicted molar refractivity (Wildman–Crippen MR) is 70.8 cm³/mol. The number of Topliss-reactive ketones (excluding diaryl/α,β-unsaturated/α-hetero) is 1. The van der Waals surface area contributed by atoms with Crippen molar-refractivity contribution in [2.45, 2.75) is 10.2 Å². The van der Waals surface area contributed by atoms with Crippen LogP contribution in [0.1, 0.15) is 22.5 Å². The highest BCUT2D eigenvalue weighted by atomic mass is 35.6. The molecule has 0 aliphatic rings. The summed E-state index contributed by atoms with van der Waals surface area (Å²) >= 11 is 16.5. The molecule has 0 bridgehead atoms. The lowest BCUT2D eigenvalue weighted by atomic mass is 10.2. The molecule has 92 valence electrons. The zero-order valence-corrected chi connectivity index (χ0v) is 11.4. The Kier molecular flexibility index (Phi) is 5.35. The topological polar surface area (TPSA) is 44.9 Å². The summed E-state index contributed by atoms with van der Waals surface area (Å²) in [4.78, 5) is 14.3. The minimum atomic E-state index is -1.94. The number of aromatic nitrogens is 1. The number of halogens is 3. The molecule has 0 aliphatic carbocycles. The highest BCUT2D eigenvalue weighted by Gasteiger charge is 2.32. The number of hydrogen-bond donors (Lipinski definition) is 2. The zero-order valence-electron chi connectivity index (χ0n) is 9.11. The Morgan fingerprint density at radius 2 is 2.24 bits per heavy atom. The highest BCUT2D eigenvalue weighted by molar-refractivity contribution is 6.77. The molecule has 0 saturated heterocycles. The number of rotatable bonds is 3. The Labute approximate surface area is 115 Å². The second-order valence-electron chi connectivity index (χ2n) is 3.28. The summed E-state index contributed by atoms with van der Waals surface area (Å²) in [5.74, 6) is 5.26. The van der Waals surface area contributed by atoms with Gasteiger partial charge in [-0.25, -0.2) is 0 Å². The fourth-order valence-corrected chi connectivity index (χ4v) is 1.41.